The molecule has 0 heterocycles. The van der Waals surface area contributed by atoms with E-state index >= 15 is 0 Å². The van der Waals surface area contributed by atoms with E-state index < -0.39 is 6.10 Å². The van der Waals surface area contributed by atoms with Crippen LogP contribution in [0.5, 0.6) is 0 Å². The van der Waals surface area contributed by atoms with Crippen molar-refractivity contribution in [2.45, 2.75) is 290 Å². The molecule has 0 bridgehead atoms. The van der Waals surface area contributed by atoms with Crippen LogP contribution < -0.4 is 0 Å². The molecule has 1 atom stereocenters. The smallest absolute Gasteiger partial charge is 0.306 e. The average Bonchev–Trinajstić information content (AvgIpc) is 3.34. The van der Waals surface area contributed by atoms with Crippen molar-refractivity contribution in [3.8, 4) is 0 Å². The molecule has 0 aromatic rings. The van der Waals surface area contributed by atoms with Crippen LogP contribution >= 0.6 is 0 Å². The van der Waals surface area contributed by atoms with Crippen molar-refractivity contribution in [2.75, 3.05) is 13.2 Å². The monoisotopic (exact) mass is 949 g/mol. The van der Waals surface area contributed by atoms with Gasteiger partial charge in [0.25, 0.3) is 0 Å². The lowest BCUT2D eigenvalue weighted by Gasteiger charge is -2.18. The molecule has 0 spiro atoms. The van der Waals surface area contributed by atoms with Gasteiger partial charge in [0.2, 0.25) is 0 Å². The van der Waals surface area contributed by atoms with E-state index in [2.05, 4.69) is 93.7 Å². The van der Waals surface area contributed by atoms with Crippen LogP contribution in [0.4, 0.5) is 0 Å². The van der Waals surface area contributed by atoms with Crippen LogP contribution in [0.2, 0.25) is 0 Å². The van der Waals surface area contributed by atoms with Crippen molar-refractivity contribution in [1.29, 1.82) is 0 Å². The number of hydrogen-bond acceptors (Lipinski definition) is 6. The zero-order chi connectivity index (χ0) is 49.3. The van der Waals surface area contributed by atoms with Gasteiger partial charge in [-0.3, -0.25) is 14.4 Å². The van der Waals surface area contributed by atoms with Gasteiger partial charge in [-0.15, -0.1) is 0 Å². The van der Waals surface area contributed by atoms with E-state index in [1.165, 1.54) is 141 Å². The summed E-state index contributed by atoms with van der Waals surface area (Å²) in [4.78, 5) is 38.2. The normalized spacial score (nSPS) is 12.6. The Hall–Kier alpha value is -3.15. The molecule has 6 nitrogen and oxygen atoms in total. The molecule has 0 fully saturated rings. The lowest BCUT2D eigenvalue weighted by atomic mass is 10.1. The minimum absolute atomic E-state index is 0.0887. The summed E-state index contributed by atoms with van der Waals surface area (Å²) in [6.45, 7) is 6.51. The molecule has 0 aliphatic heterocycles. The SMILES string of the molecule is CC/C=C\C/C=C\C/C=C\C/C=C\CCCCCCC(=O)OCC(COC(=O)CCCCCCC/C=C\CCCCCCCCC)OC(=O)CCCCCCCCC/C=C\CCCCCCCC. The Balaban J connectivity index is 4.44. The lowest BCUT2D eigenvalue weighted by Crippen LogP contribution is -2.30. The minimum atomic E-state index is -0.792. The fourth-order valence-corrected chi connectivity index (χ4v) is 8.07. The topological polar surface area (TPSA) is 78.9 Å². The third kappa shape index (κ3) is 53.8. The third-order valence-electron chi connectivity index (χ3n) is 12.4. The molecule has 0 radical (unpaired) electrons. The summed E-state index contributed by atoms with van der Waals surface area (Å²) in [6, 6.07) is 0. The molecule has 0 saturated heterocycles. The molecule has 6 heteroatoms. The molecule has 0 aromatic carbocycles. The fourth-order valence-electron chi connectivity index (χ4n) is 8.07. The Morgan fingerprint density at radius 1 is 0.309 bits per heavy atom. The largest absolute Gasteiger partial charge is 0.462 e. The molecular formula is C62H108O6. The Bertz CT molecular complexity index is 1270. The van der Waals surface area contributed by atoms with E-state index in [0.717, 1.165) is 103 Å². The Morgan fingerprint density at radius 2 is 0.574 bits per heavy atom. The van der Waals surface area contributed by atoms with Gasteiger partial charge in [0, 0.05) is 19.3 Å². The maximum atomic E-state index is 12.9. The maximum Gasteiger partial charge on any atom is 0.306 e. The number of hydrogen-bond donors (Lipinski definition) is 0. The Labute approximate surface area is 421 Å². The van der Waals surface area contributed by atoms with E-state index in [-0.39, 0.29) is 31.1 Å². The highest BCUT2D eigenvalue weighted by molar-refractivity contribution is 5.71. The number of unbranched alkanes of at least 4 members (excludes halogenated alkanes) is 29. The zero-order valence-corrected chi connectivity index (χ0v) is 44.9. The van der Waals surface area contributed by atoms with Crippen LogP contribution in [-0.2, 0) is 28.6 Å². The second-order valence-electron chi connectivity index (χ2n) is 19.2. The number of allylic oxidation sites excluding steroid dienone is 12. The number of carbonyl (C=O) groups excluding carboxylic acids is 3. The van der Waals surface area contributed by atoms with E-state index in [1.54, 1.807) is 0 Å². The van der Waals surface area contributed by atoms with Gasteiger partial charge in [0.1, 0.15) is 13.2 Å². The molecule has 68 heavy (non-hydrogen) atoms. The first kappa shape index (κ1) is 64.8. The molecular weight excluding hydrogens is 841 g/mol. The standard InChI is InChI=1S/C62H108O6/c1-4-7-10-13-16-19-22-25-28-31-34-37-40-43-46-49-52-55-61(64)67-58-59(57-66-60(63)54-51-48-45-42-39-36-33-30-27-24-21-18-15-12-9-6-3)68-62(65)56-53-50-47-44-41-38-35-32-29-26-23-20-17-14-11-8-5-2/h7,10,16,19,25-26,28-30,33-34,37,59H,4-6,8-9,11-15,17-18,20-24,27,31-32,35-36,38-58H2,1-3H3/b10-7-,19-16-,28-25-,29-26-,33-30-,37-34-. The van der Waals surface area contributed by atoms with Crippen LogP contribution in [0, 0.1) is 0 Å². The van der Waals surface area contributed by atoms with Crippen molar-refractivity contribution < 1.29 is 28.6 Å². The molecule has 0 amide bonds. The molecule has 0 rings (SSSR count). The van der Waals surface area contributed by atoms with Gasteiger partial charge in [-0.25, -0.2) is 0 Å². The van der Waals surface area contributed by atoms with Crippen molar-refractivity contribution >= 4 is 17.9 Å². The van der Waals surface area contributed by atoms with E-state index in [4.69, 9.17) is 14.2 Å². The van der Waals surface area contributed by atoms with Crippen LogP contribution in [-0.4, -0.2) is 37.2 Å². The number of carbonyl (C=O) groups is 3. The van der Waals surface area contributed by atoms with E-state index in [0.29, 0.717) is 19.3 Å². The van der Waals surface area contributed by atoms with Crippen LogP contribution in [0.1, 0.15) is 284 Å². The number of rotatable bonds is 52. The van der Waals surface area contributed by atoms with Gasteiger partial charge in [0.05, 0.1) is 0 Å². The third-order valence-corrected chi connectivity index (χ3v) is 12.4. The quantitative estimate of drug-likeness (QED) is 0.0262. The number of ether oxygens (including phenoxy) is 3. The summed E-state index contributed by atoms with van der Waals surface area (Å²) in [7, 11) is 0. The van der Waals surface area contributed by atoms with Crippen molar-refractivity contribution in [3.05, 3.63) is 72.9 Å². The Morgan fingerprint density at radius 3 is 0.912 bits per heavy atom. The van der Waals surface area contributed by atoms with Gasteiger partial charge in [-0.05, 0) is 109 Å². The molecule has 0 aromatic heterocycles. The first-order chi connectivity index (χ1) is 33.5. The summed E-state index contributed by atoms with van der Waals surface area (Å²) in [6.07, 6.45) is 71.7. The first-order valence-corrected chi connectivity index (χ1v) is 28.9. The average molecular weight is 950 g/mol. The van der Waals surface area contributed by atoms with Crippen molar-refractivity contribution in [1.82, 2.24) is 0 Å². The van der Waals surface area contributed by atoms with Crippen molar-refractivity contribution in [3.63, 3.8) is 0 Å². The summed E-state index contributed by atoms with van der Waals surface area (Å²) >= 11 is 0. The first-order valence-electron chi connectivity index (χ1n) is 28.9. The predicted octanol–water partition coefficient (Wildman–Crippen LogP) is 19.4. The minimum Gasteiger partial charge on any atom is -0.462 e. The maximum absolute atomic E-state index is 12.9. The second kappa shape index (κ2) is 56.4. The molecule has 0 N–H and O–H groups in total. The van der Waals surface area contributed by atoms with Gasteiger partial charge in [-0.1, -0.05) is 229 Å². The van der Waals surface area contributed by atoms with Gasteiger partial charge < -0.3 is 14.2 Å². The summed E-state index contributed by atoms with van der Waals surface area (Å²) in [5.41, 5.74) is 0. The molecule has 0 aliphatic carbocycles. The van der Waals surface area contributed by atoms with Crippen molar-refractivity contribution in [2.24, 2.45) is 0 Å². The summed E-state index contributed by atoms with van der Waals surface area (Å²) in [5, 5.41) is 0. The highest BCUT2D eigenvalue weighted by Crippen LogP contribution is 2.15. The Kier molecular flexibility index (Phi) is 53.8. The molecule has 1 unspecified atom stereocenters. The summed E-state index contributed by atoms with van der Waals surface area (Å²) in [5.74, 6) is -0.917. The van der Waals surface area contributed by atoms with E-state index in [1.807, 2.05) is 0 Å². The van der Waals surface area contributed by atoms with Crippen LogP contribution in [0.25, 0.3) is 0 Å². The highest BCUT2D eigenvalue weighted by atomic mass is 16.6. The molecule has 0 aliphatic rings. The number of esters is 3. The highest BCUT2D eigenvalue weighted by Gasteiger charge is 2.19. The predicted molar refractivity (Wildman–Crippen MR) is 293 cm³/mol. The zero-order valence-electron chi connectivity index (χ0n) is 44.9. The second-order valence-corrected chi connectivity index (χ2v) is 19.2. The lowest BCUT2D eigenvalue weighted by molar-refractivity contribution is -0.167. The van der Waals surface area contributed by atoms with Crippen LogP contribution in [0.3, 0.4) is 0 Å². The molecule has 392 valence electrons. The molecule has 0 saturated carbocycles. The fraction of sp³-hybridized carbons (Fsp3) is 0.758. The van der Waals surface area contributed by atoms with E-state index in [9.17, 15) is 14.4 Å². The van der Waals surface area contributed by atoms with Gasteiger partial charge in [0.15, 0.2) is 6.10 Å². The van der Waals surface area contributed by atoms with Gasteiger partial charge in [-0.2, -0.15) is 0 Å². The van der Waals surface area contributed by atoms with Gasteiger partial charge >= 0.3 is 17.9 Å². The summed E-state index contributed by atoms with van der Waals surface area (Å²) < 4.78 is 16.9. The van der Waals surface area contributed by atoms with Crippen LogP contribution in [0.15, 0.2) is 72.9 Å².